The summed E-state index contributed by atoms with van der Waals surface area (Å²) >= 11 is 0. The minimum atomic E-state index is -0.459. The fourth-order valence-electron chi connectivity index (χ4n) is 3.12. The van der Waals surface area contributed by atoms with E-state index in [0.29, 0.717) is 12.6 Å². The Bertz CT molecular complexity index is 683. The number of aromatic nitrogens is 2. The summed E-state index contributed by atoms with van der Waals surface area (Å²) in [5.74, 6) is -0.0954. The van der Waals surface area contributed by atoms with Crippen LogP contribution in [0.4, 0.5) is 5.82 Å². The first-order valence-corrected chi connectivity index (χ1v) is 8.39. The maximum absolute atomic E-state index is 10.7. The zero-order chi connectivity index (χ0) is 16.9. The highest BCUT2D eigenvalue weighted by Gasteiger charge is 2.24. The van der Waals surface area contributed by atoms with Gasteiger partial charge in [0, 0.05) is 32.2 Å². The van der Waals surface area contributed by atoms with Gasteiger partial charge < -0.3 is 15.4 Å². The third-order valence-corrected chi connectivity index (χ3v) is 4.56. The van der Waals surface area contributed by atoms with Crippen LogP contribution in [0.5, 0.6) is 0 Å². The maximum atomic E-state index is 10.7. The Hall–Kier alpha value is -2.25. The van der Waals surface area contributed by atoms with Gasteiger partial charge in [-0.15, -0.1) is 0 Å². The van der Waals surface area contributed by atoms with Crippen LogP contribution in [0.2, 0.25) is 0 Å². The number of hydrogen-bond donors (Lipinski definition) is 1. The number of benzene rings is 1. The van der Waals surface area contributed by atoms with Gasteiger partial charge in [0.2, 0.25) is 0 Å². The van der Waals surface area contributed by atoms with E-state index in [4.69, 9.17) is 0 Å². The zero-order valence-electron chi connectivity index (χ0n) is 13.9. The van der Waals surface area contributed by atoms with E-state index < -0.39 is 4.92 Å². The molecule has 1 N–H and O–H groups in total. The van der Waals surface area contributed by atoms with Crippen LogP contribution in [0.1, 0.15) is 24.1 Å². The van der Waals surface area contributed by atoms with Gasteiger partial charge in [0.1, 0.15) is 0 Å². The van der Waals surface area contributed by atoms with E-state index in [-0.39, 0.29) is 5.82 Å². The van der Waals surface area contributed by atoms with Crippen molar-refractivity contribution in [2.24, 2.45) is 0 Å². The first-order chi connectivity index (χ1) is 11.7. The predicted molar refractivity (Wildman–Crippen MR) is 91.9 cm³/mol. The minimum absolute atomic E-state index is 0.0954. The molecule has 0 spiro atoms. The van der Waals surface area contributed by atoms with Crippen LogP contribution < -0.4 is 5.32 Å². The summed E-state index contributed by atoms with van der Waals surface area (Å²) in [5.41, 5.74) is 2.66. The molecular formula is C17H23N5O2. The van der Waals surface area contributed by atoms with E-state index in [9.17, 15) is 10.1 Å². The molecular weight excluding hydrogens is 306 g/mol. The first-order valence-electron chi connectivity index (χ1n) is 8.39. The van der Waals surface area contributed by atoms with Crippen LogP contribution in [0.25, 0.3) is 0 Å². The van der Waals surface area contributed by atoms with Crippen molar-refractivity contribution in [3.63, 3.8) is 0 Å². The van der Waals surface area contributed by atoms with Crippen molar-refractivity contribution in [3.8, 4) is 0 Å². The third kappa shape index (κ3) is 3.80. The molecule has 1 unspecified atom stereocenters. The van der Waals surface area contributed by atoms with Gasteiger partial charge in [-0.25, -0.2) is 0 Å². The molecule has 1 atom stereocenters. The highest BCUT2D eigenvalue weighted by Crippen LogP contribution is 2.22. The second-order valence-electron chi connectivity index (χ2n) is 6.05. The fourth-order valence-corrected chi connectivity index (χ4v) is 3.12. The molecule has 1 saturated heterocycles. The van der Waals surface area contributed by atoms with Crippen LogP contribution in [0, 0.1) is 10.1 Å². The Kier molecular flexibility index (Phi) is 5.22. The molecule has 2 heterocycles. The fraction of sp³-hybridized carbons (Fsp3) is 0.471. The third-order valence-electron chi connectivity index (χ3n) is 4.56. The first kappa shape index (κ1) is 16.6. The van der Waals surface area contributed by atoms with Crippen molar-refractivity contribution >= 4 is 5.82 Å². The van der Waals surface area contributed by atoms with E-state index in [1.54, 1.807) is 10.9 Å². The number of aryl methyl sites for hydroxylation is 1. The van der Waals surface area contributed by atoms with E-state index >= 15 is 0 Å². The van der Waals surface area contributed by atoms with Gasteiger partial charge in [0.15, 0.2) is 0 Å². The standard InChI is InChI=1S/C17H23N5O2/c1-2-14-3-5-15(6-4-14)16-13-18-8-10-20(16)11-12-21-9-7-17(19-21)22(23)24/h3-7,9,16,18H,2,8,10-13H2,1H3. The molecule has 1 aromatic carbocycles. The summed E-state index contributed by atoms with van der Waals surface area (Å²) in [7, 11) is 0. The van der Waals surface area contributed by atoms with Crippen molar-refractivity contribution in [3.05, 3.63) is 57.8 Å². The second kappa shape index (κ2) is 7.55. The van der Waals surface area contributed by atoms with Crippen LogP contribution in [-0.2, 0) is 13.0 Å². The van der Waals surface area contributed by atoms with Crippen molar-refractivity contribution in [2.75, 3.05) is 26.2 Å². The summed E-state index contributed by atoms with van der Waals surface area (Å²) in [5, 5.41) is 18.2. The molecule has 0 amide bonds. The molecule has 7 heteroatoms. The molecule has 0 saturated carbocycles. The quantitative estimate of drug-likeness (QED) is 0.648. The summed E-state index contributed by atoms with van der Waals surface area (Å²) in [4.78, 5) is 12.7. The molecule has 0 aliphatic carbocycles. The second-order valence-corrected chi connectivity index (χ2v) is 6.05. The van der Waals surface area contributed by atoms with Crippen molar-refractivity contribution < 1.29 is 4.92 Å². The zero-order valence-corrected chi connectivity index (χ0v) is 13.9. The smallest absolute Gasteiger partial charge is 0.358 e. The van der Waals surface area contributed by atoms with Crippen LogP contribution in [0.3, 0.4) is 0 Å². The van der Waals surface area contributed by atoms with E-state index in [1.807, 2.05) is 0 Å². The summed E-state index contributed by atoms with van der Waals surface area (Å²) in [6.45, 7) is 6.47. The minimum Gasteiger partial charge on any atom is -0.358 e. The van der Waals surface area contributed by atoms with E-state index in [1.165, 1.54) is 17.2 Å². The molecule has 1 fully saturated rings. The monoisotopic (exact) mass is 329 g/mol. The number of piperazine rings is 1. The number of nitro groups is 1. The molecule has 24 heavy (non-hydrogen) atoms. The lowest BCUT2D eigenvalue weighted by Crippen LogP contribution is -2.47. The van der Waals surface area contributed by atoms with Crippen LogP contribution in [0.15, 0.2) is 36.5 Å². The molecule has 2 aromatic rings. The lowest BCUT2D eigenvalue weighted by atomic mass is 10.0. The Labute approximate surface area is 141 Å². The number of nitrogens with zero attached hydrogens (tertiary/aromatic N) is 4. The van der Waals surface area contributed by atoms with Gasteiger partial charge in [-0.3, -0.25) is 4.90 Å². The molecule has 128 valence electrons. The van der Waals surface area contributed by atoms with Crippen LogP contribution in [-0.4, -0.2) is 45.8 Å². The molecule has 1 aliphatic rings. The normalized spacial score (nSPS) is 18.6. The van der Waals surface area contributed by atoms with E-state index in [0.717, 1.165) is 32.6 Å². The molecule has 1 aromatic heterocycles. The topological polar surface area (TPSA) is 76.2 Å². The Morgan fingerprint density at radius 3 is 2.75 bits per heavy atom. The molecule has 7 nitrogen and oxygen atoms in total. The molecule has 1 aliphatic heterocycles. The van der Waals surface area contributed by atoms with Gasteiger partial charge in [-0.05, 0) is 22.5 Å². The van der Waals surface area contributed by atoms with Gasteiger partial charge in [0.25, 0.3) is 0 Å². The van der Waals surface area contributed by atoms with Crippen LogP contribution >= 0.6 is 0 Å². The predicted octanol–water partition coefficient (Wildman–Crippen LogP) is 2.00. The number of rotatable bonds is 6. The molecule has 0 radical (unpaired) electrons. The summed E-state index contributed by atoms with van der Waals surface area (Å²) in [6.07, 6.45) is 2.72. The Morgan fingerprint density at radius 1 is 1.29 bits per heavy atom. The number of hydrogen-bond acceptors (Lipinski definition) is 5. The molecule has 3 rings (SSSR count). The Morgan fingerprint density at radius 2 is 2.08 bits per heavy atom. The van der Waals surface area contributed by atoms with Gasteiger partial charge in [-0.1, -0.05) is 31.2 Å². The summed E-state index contributed by atoms with van der Waals surface area (Å²) < 4.78 is 1.65. The molecule has 0 bridgehead atoms. The maximum Gasteiger partial charge on any atom is 0.389 e. The van der Waals surface area contributed by atoms with Crippen molar-refractivity contribution in [2.45, 2.75) is 25.9 Å². The van der Waals surface area contributed by atoms with Gasteiger partial charge in [0.05, 0.1) is 23.9 Å². The SMILES string of the molecule is CCc1ccc(C2CNCCN2CCn2ccc([N+](=O)[O-])n2)cc1. The van der Waals surface area contributed by atoms with Gasteiger partial charge >= 0.3 is 5.82 Å². The number of nitrogens with one attached hydrogen (secondary N) is 1. The highest BCUT2D eigenvalue weighted by atomic mass is 16.6. The largest absolute Gasteiger partial charge is 0.389 e. The Balaban J connectivity index is 1.66. The van der Waals surface area contributed by atoms with E-state index in [2.05, 4.69) is 46.5 Å². The van der Waals surface area contributed by atoms with Gasteiger partial charge in [-0.2, -0.15) is 4.68 Å². The summed E-state index contributed by atoms with van der Waals surface area (Å²) in [6, 6.07) is 10.6. The average Bonchev–Trinajstić information content (AvgIpc) is 3.10. The highest BCUT2D eigenvalue weighted by molar-refractivity contribution is 5.25. The average molecular weight is 329 g/mol. The van der Waals surface area contributed by atoms with Crippen molar-refractivity contribution in [1.82, 2.24) is 20.0 Å². The lowest BCUT2D eigenvalue weighted by Gasteiger charge is -2.36. The lowest BCUT2D eigenvalue weighted by molar-refractivity contribution is -0.389. The van der Waals surface area contributed by atoms with Crippen molar-refractivity contribution in [1.29, 1.82) is 0 Å².